The van der Waals surface area contributed by atoms with Crippen molar-refractivity contribution >= 4 is 68.8 Å². The lowest BCUT2D eigenvalue weighted by atomic mass is 10.1. The van der Waals surface area contributed by atoms with Gasteiger partial charge in [0.2, 0.25) is 11.8 Å². The minimum absolute atomic E-state index is 0.209. The van der Waals surface area contributed by atoms with Gasteiger partial charge in [-0.1, -0.05) is 24.3 Å². The Morgan fingerprint density at radius 1 is 0.738 bits per heavy atom. The second-order valence-electron chi connectivity index (χ2n) is 9.93. The zero-order valence-corrected chi connectivity index (χ0v) is 25.1. The van der Waals surface area contributed by atoms with Crippen LogP contribution in [0.2, 0.25) is 0 Å². The van der Waals surface area contributed by atoms with Crippen LogP contribution in [0.15, 0.2) is 60.7 Å². The third-order valence-electron chi connectivity index (χ3n) is 6.88. The predicted octanol–water partition coefficient (Wildman–Crippen LogP) is 4.81. The summed E-state index contributed by atoms with van der Waals surface area (Å²) in [6.45, 7) is 0. The molecule has 0 saturated heterocycles. The van der Waals surface area contributed by atoms with Gasteiger partial charge in [-0.05, 0) is 73.3 Å². The number of nitrogens with one attached hydrogen (secondary N) is 4. The molecule has 0 aliphatic rings. The number of aromatic nitrogens is 4. The molecule has 3 aromatic carbocycles. The number of carbonyl (C=O) groups excluding carboxylic acids is 2. The molecule has 0 fully saturated rings. The summed E-state index contributed by atoms with van der Waals surface area (Å²) in [6, 6.07) is 17.8. The highest BCUT2D eigenvalue weighted by Gasteiger charge is 2.17. The Bertz CT molecular complexity index is 1590. The number of amides is 2. The van der Waals surface area contributed by atoms with E-state index in [9.17, 15) is 9.59 Å². The lowest BCUT2D eigenvalue weighted by Crippen LogP contribution is -2.36. The Kier molecular flexibility index (Phi) is 9.48. The van der Waals surface area contributed by atoms with Crippen LogP contribution in [-0.4, -0.2) is 67.9 Å². The van der Waals surface area contributed by atoms with Crippen LogP contribution in [0.4, 0.5) is 11.4 Å². The fourth-order valence-electron chi connectivity index (χ4n) is 4.55. The van der Waals surface area contributed by atoms with Gasteiger partial charge in [-0.3, -0.25) is 9.59 Å². The molecule has 0 aliphatic carbocycles. The van der Waals surface area contributed by atoms with Gasteiger partial charge in [0.25, 0.3) is 0 Å². The molecule has 5 aromatic rings. The number of hydrogen-bond donors (Lipinski definition) is 6. The fourth-order valence-corrected chi connectivity index (χ4v) is 5.53. The minimum atomic E-state index is -0.559. The van der Waals surface area contributed by atoms with Crippen molar-refractivity contribution in [1.82, 2.24) is 19.9 Å². The zero-order valence-electron chi connectivity index (χ0n) is 23.4. The number of thioether (sulfide) groups is 2. The van der Waals surface area contributed by atoms with Gasteiger partial charge in [-0.2, -0.15) is 23.5 Å². The van der Waals surface area contributed by atoms with Crippen molar-refractivity contribution in [1.29, 1.82) is 0 Å². The number of aromatic amines is 2. The molecular weight excluding hydrogens is 569 g/mol. The van der Waals surface area contributed by atoms with E-state index in [-0.39, 0.29) is 11.8 Å². The van der Waals surface area contributed by atoms with Crippen molar-refractivity contribution in [2.75, 3.05) is 34.7 Å². The molecule has 12 heteroatoms. The molecule has 0 radical (unpaired) electrons. The molecule has 218 valence electrons. The van der Waals surface area contributed by atoms with Crippen LogP contribution in [0.25, 0.3) is 44.8 Å². The first-order valence-corrected chi connectivity index (χ1v) is 16.3. The minimum Gasteiger partial charge on any atom is -0.338 e. The van der Waals surface area contributed by atoms with Gasteiger partial charge >= 0.3 is 0 Å². The molecule has 2 heterocycles. The third kappa shape index (κ3) is 6.79. The molecule has 2 aromatic heterocycles. The summed E-state index contributed by atoms with van der Waals surface area (Å²) in [5, 5.41) is 5.81. The van der Waals surface area contributed by atoms with E-state index in [0.29, 0.717) is 35.9 Å². The summed E-state index contributed by atoms with van der Waals surface area (Å²) in [5.41, 5.74) is 18.2. The highest BCUT2D eigenvalue weighted by atomic mass is 32.2. The summed E-state index contributed by atoms with van der Waals surface area (Å²) in [5.74, 6) is 2.58. The SMILES string of the molecule is CSCCC(N)C(=O)Nc1ccc2nc(-c3ccccc3-c3nc4ccc(NC(=O)C(N)CCSC)cc4[nH]3)[nH]c2c1. The van der Waals surface area contributed by atoms with Crippen LogP contribution in [0.1, 0.15) is 12.8 Å². The second-order valence-corrected chi connectivity index (χ2v) is 11.9. The molecule has 10 nitrogen and oxygen atoms in total. The highest BCUT2D eigenvalue weighted by Crippen LogP contribution is 2.32. The first-order chi connectivity index (χ1) is 20.4. The largest absolute Gasteiger partial charge is 0.338 e. The molecule has 0 spiro atoms. The van der Waals surface area contributed by atoms with E-state index in [1.54, 1.807) is 23.5 Å². The molecule has 2 amide bonds. The highest BCUT2D eigenvalue weighted by molar-refractivity contribution is 7.98. The Morgan fingerprint density at radius 3 is 1.57 bits per heavy atom. The fraction of sp³-hybridized carbons (Fsp3) is 0.267. The van der Waals surface area contributed by atoms with Crippen molar-refractivity contribution in [3.63, 3.8) is 0 Å². The summed E-state index contributed by atoms with van der Waals surface area (Å²) < 4.78 is 0. The topological polar surface area (TPSA) is 168 Å². The summed E-state index contributed by atoms with van der Waals surface area (Å²) >= 11 is 3.32. The lowest BCUT2D eigenvalue weighted by Gasteiger charge is -2.11. The van der Waals surface area contributed by atoms with Gasteiger partial charge in [-0.15, -0.1) is 0 Å². The molecule has 2 atom stereocenters. The number of imidazole rings is 2. The van der Waals surface area contributed by atoms with E-state index in [1.165, 1.54) is 0 Å². The van der Waals surface area contributed by atoms with E-state index in [0.717, 1.165) is 44.7 Å². The Hall–Kier alpha value is -3.84. The van der Waals surface area contributed by atoms with Gasteiger partial charge < -0.3 is 32.1 Å². The maximum atomic E-state index is 12.5. The average molecular weight is 603 g/mol. The molecule has 2 unspecified atom stereocenters. The Morgan fingerprint density at radius 2 is 1.17 bits per heavy atom. The quantitative estimate of drug-likeness (QED) is 0.118. The summed E-state index contributed by atoms with van der Waals surface area (Å²) in [7, 11) is 0. The maximum absolute atomic E-state index is 12.5. The first-order valence-electron chi connectivity index (χ1n) is 13.6. The number of fused-ring (bicyclic) bond motifs is 2. The monoisotopic (exact) mass is 602 g/mol. The molecule has 5 rings (SSSR count). The average Bonchev–Trinajstić information content (AvgIpc) is 3.62. The molecule has 42 heavy (non-hydrogen) atoms. The van der Waals surface area contributed by atoms with Crippen LogP contribution in [0.5, 0.6) is 0 Å². The standard InChI is InChI=1S/C30H34N8O2S2/c1-41-13-11-21(31)29(39)33-17-7-9-23-25(15-17)37-27(35-23)19-5-3-4-6-20(19)28-36-24-10-8-18(16-26(24)38-28)34-30(40)22(32)12-14-42-2/h3-10,15-16,21-22H,11-14,31-32H2,1-2H3,(H,33,39)(H,34,40)(H,35,37)(H,36,38). The second kappa shape index (κ2) is 13.4. The molecule has 8 N–H and O–H groups in total. The van der Waals surface area contributed by atoms with Crippen LogP contribution in [0.3, 0.4) is 0 Å². The van der Waals surface area contributed by atoms with Crippen molar-refractivity contribution < 1.29 is 9.59 Å². The van der Waals surface area contributed by atoms with E-state index in [4.69, 9.17) is 21.4 Å². The number of benzene rings is 3. The predicted molar refractivity (Wildman–Crippen MR) is 176 cm³/mol. The van der Waals surface area contributed by atoms with Crippen molar-refractivity contribution in [2.24, 2.45) is 11.5 Å². The maximum Gasteiger partial charge on any atom is 0.241 e. The normalized spacial score (nSPS) is 12.9. The zero-order chi connectivity index (χ0) is 29.6. The molecule has 0 bridgehead atoms. The third-order valence-corrected chi connectivity index (χ3v) is 8.16. The van der Waals surface area contributed by atoms with Gasteiger partial charge in [0.05, 0.1) is 34.2 Å². The molecular formula is C30H34N8O2S2. The van der Waals surface area contributed by atoms with Crippen molar-refractivity contribution in [3.05, 3.63) is 60.7 Å². The van der Waals surface area contributed by atoms with Crippen LogP contribution in [0, 0.1) is 0 Å². The van der Waals surface area contributed by atoms with Crippen LogP contribution in [-0.2, 0) is 9.59 Å². The first kappa shape index (κ1) is 29.6. The number of nitrogens with zero attached hydrogens (tertiary/aromatic N) is 2. The summed E-state index contributed by atoms with van der Waals surface area (Å²) in [4.78, 5) is 41.4. The molecule has 0 aliphatic heterocycles. The van der Waals surface area contributed by atoms with Gasteiger partial charge in [0.15, 0.2) is 0 Å². The Balaban J connectivity index is 1.38. The van der Waals surface area contributed by atoms with Gasteiger partial charge in [0.1, 0.15) is 11.6 Å². The van der Waals surface area contributed by atoms with Crippen molar-refractivity contribution in [2.45, 2.75) is 24.9 Å². The smallest absolute Gasteiger partial charge is 0.241 e. The van der Waals surface area contributed by atoms with Crippen molar-refractivity contribution in [3.8, 4) is 22.8 Å². The number of H-pyrrole nitrogens is 2. The number of anilines is 2. The number of hydrogen-bond acceptors (Lipinski definition) is 8. The van der Waals surface area contributed by atoms with E-state index >= 15 is 0 Å². The summed E-state index contributed by atoms with van der Waals surface area (Å²) in [6.07, 6.45) is 5.21. The Labute approximate surface area is 252 Å². The van der Waals surface area contributed by atoms with Gasteiger partial charge in [-0.25, -0.2) is 9.97 Å². The van der Waals surface area contributed by atoms with Crippen LogP contribution < -0.4 is 22.1 Å². The molecule has 0 saturated carbocycles. The van der Waals surface area contributed by atoms with E-state index < -0.39 is 12.1 Å². The van der Waals surface area contributed by atoms with E-state index in [1.807, 2.05) is 73.2 Å². The number of carbonyl (C=O) groups is 2. The lowest BCUT2D eigenvalue weighted by molar-refractivity contribution is -0.118. The number of rotatable bonds is 12. The van der Waals surface area contributed by atoms with E-state index in [2.05, 4.69) is 20.6 Å². The van der Waals surface area contributed by atoms with Gasteiger partial charge in [0, 0.05) is 22.5 Å². The number of nitrogens with two attached hydrogens (primary N) is 2. The van der Waals surface area contributed by atoms with Crippen LogP contribution >= 0.6 is 23.5 Å².